The van der Waals surface area contributed by atoms with E-state index in [0.29, 0.717) is 12.1 Å². The van der Waals surface area contributed by atoms with Gasteiger partial charge in [0, 0.05) is 33.4 Å². The van der Waals surface area contributed by atoms with Crippen molar-refractivity contribution in [2.75, 3.05) is 30.6 Å². The van der Waals surface area contributed by atoms with Gasteiger partial charge in [-0.2, -0.15) is 0 Å². The SMILES string of the molecule is COc1ccc(N(c2ccc(OC)cc2)c2ccc(-c3ccc4c(c3)Sc3ccccc3N4CCC(c3ccccc3)S(=O)(=O)[O-])cc2)cc1.[Na+]. The van der Waals surface area contributed by atoms with Crippen LogP contribution in [-0.2, 0) is 10.1 Å². The Morgan fingerprint density at radius 3 is 1.73 bits per heavy atom. The fraction of sp³-hybridized carbons (Fsp3) is 0.122. The zero-order valence-electron chi connectivity index (χ0n) is 28.6. The number of benzene rings is 6. The molecule has 0 saturated carbocycles. The van der Waals surface area contributed by atoms with Crippen molar-refractivity contribution < 1.29 is 52.0 Å². The smallest absolute Gasteiger partial charge is 0.747 e. The summed E-state index contributed by atoms with van der Waals surface area (Å²) in [4.78, 5) is 6.45. The van der Waals surface area contributed by atoms with E-state index in [4.69, 9.17) is 9.47 Å². The summed E-state index contributed by atoms with van der Waals surface area (Å²) in [6.07, 6.45) is 0.163. The topological polar surface area (TPSA) is 82.1 Å². The van der Waals surface area contributed by atoms with Gasteiger partial charge in [0.2, 0.25) is 0 Å². The number of hydrogen-bond acceptors (Lipinski definition) is 8. The molecule has 51 heavy (non-hydrogen) atoms. The van der Waals surface area contributed by atoms with Crippen LogP contribution in [0.1, 0.15) is 17.2 Å². The van der Waals surface area contributed by atoms with Crippen LogP contribution in [0.15, 0.2) is 155 Å². The van der Waals surface area contributed by atoms with E-state index in [1.807, 2.05) is 72.8 Å². The van der Waals surface area contributed by atoms with Crippen molar-refractivity contribution in [2.45, 2.75) is 21.5 Å². The molecule has 0 aliphatic carbocycles. The van der Waals surface area contributed by atoms with Crippen molar-refractivity contribution in [1.82, 2.24) is 0 Å². The third-order valence-electron chi connectivity index (χ3n) is 8.88. The van der Waals surface area contributed by atoms with Gasteiger partial charge in [-0.15, -0.1) is 0 Å². The first-order valence-corrected chi connectivity index (χ1v) is 18.5. The summed E-state index contributed by atoms with van der Waals surface area (Å²) in [6, 6.07) is 47.7. The van der Waals surface area contributed by atoms with Crippen molar-refractivity contribution >= 4 is 50.3 Å². The minimum Gasteiger partial charge on any atom is -0.747 e. The van der Waals surface area contributed by atoms with Gasteiger partial charge >= 0.3 is 29.6 Å². The average Bonchev–Trinajstić information content (AvgIpc) is 3.15. The molecule has 10 heteroatoms. The average molecular weight is 723 g/mol. The molecule has 1 aliphatic heterocycles. The third-order valence-corrected chi connectivity index (χ3v) is 11.2. The van der Waals surface area contributed by atoms with Crippen LogP contribution in [0.4, 0.5) is 28.4 Å². The monoisotopic (exact) mass is 722 g/mol. The number of methoxy groups -OCH3 is 2. The van der Waals surface area contributed by atoms with Crippen LogP contribution in [-0.4, -0.2) is 33.7 Å². The molecule has 0 saturated heterocycles. The van der Waals surface area contributed by atoms with E-state index in [-0.39, 0.29) is 36.0 Å². The molecule has 6 aromatic carbocycles. The Balaban J connectivity index is 0.00000448. The molecule has 0 bridgehead atoms. The molecular weight excluding hydrogens is 688 g/mol. The molecule has 0 amide bonds. The molecule has 0 spiro atoms. The Hall–Kier alpha value is -4.22. The summed E-state index contributed by atoms with van der Waals surface area (Å²) in [5.41, 5.74) is 7.60. The molecule has 0 N–H and O–H groups in total. The molecule has 0 radical (unpaired) electrons. The van der Waals surface area contributed by atoms with E-state index in [1.54, 1.807) is 50.2 Å². The molecule has 1 atom stereocenters. The van der Waals surface area contributed by atoms with Gasteiger partial charge in [-0.3, -0.25) is 0 Å². The minimum atomic E-state index is -4.56. The number of anilines is 5. The van der Waals surface area contributed by atoms with Crippen LogP contribution >= 0.6 is 11.8 Å². The zero-order valence-corrected chi connectivity index (χ0v) is 32.2. The maximum absolute atomic E-state index is 12.4. The summed E-state index contributed by atoms with van der Waals surface area (Å²) in [5, 5.41) is -1.14. The molecule has 6 aromatic rings. The number of nitrogens with zero attached hydrogens (tertiary/aromatic N) is 2. The van der Waals surface area contributed by atoms with Crippen LogP contribution in [0.25, 0.3) is 11.1 Å². The van der Waals surface area contributed by atoms with E-state index >= 15 is 0 Å². The fourth-order valence-corrected chi connectivity index (χ4v) is 8.38. The first-order chi connectivity index (χ1) is 24.3. The summed E-state index contributed by atoms with van der Waals surface area (Å²) in [5.74, 6) is 1.58. The van der Waals surface area contributed by atoms with Crippen molar-refractivity contribution in [2.24, 2.45) is 0 Å². The van der Waals surface area contributed by atoms with Crippen molar-refractivity contribution in [3.05, 3.63) is 151 Å². The maximum Gasteiger partial charge on any atom is 1.00 e. The maximum atomic E-state index is 12.4. The van der Waals surface area contributed by atoms with E-state index in [9.17, 15) is 13.0 Å². The second-order valence-electron chi connectivity index (χ2n) is 11.9. The molecule has 7 rings (SSSR count). The van der Waals surface area contributed by atoms with Gasteiger partial charge < -0.3 is 23.8 Å². The molecule has 7 nitrogen and oxygen atoms in total. The summed E-state index contributed by atoms with van der Waals surface area (Å²) in [7, 11) is -1.24. The van der Waals surface area contributed by atoms with Gasteiger partial charge in [-0.05, 0) is 108 Å². The zero-order chi connectivity index (χ0) is 34.7. The number of ether oxygens (including phenoxy) is 2. The van der Waals surface area contributed by atoms with Crippen molar-refractivity contribution in [3.8, 4) is 22.6 Å². The van der Waals surface area contributed by atoms with E-state index < -0.39 is 15.4 Å². The molecule has 0 fully saturated rings. The molecule has 1 aliphatic rings. The number of hydrogen-bond donors (Lipinski definition) is 0. The van der Waals surface area contributed by atoms with Gasteiger partial charge in [0.1, 0.15) is 21.6 Å². The van der Waals surface area contributed by atoms with E-state index in [1.165, 1.54) is 0 Å². The van der Waals surface area contributed by atoms with E-state index in [0.717, 1.165) is 60.9 Å². The van der Waals surface area contributed by atoms with Gasteiger partial charge in [-0.25, -0.2) is 8.42 Å². The second kappa shape index (κ2) is 16.0. The molecule has 1 unspecified atom stereocenters. The van der Waals surface area contributed by atoms with Crippen LogP contribution in [0.2, 0.25) is 0 Å². The van der Waals surface area contributed by atoms with Crippen molar-refractivity contribution in [1.29, 1.82) is 0 Å². The normalized spacial score (nSPS) is 12.6. The first kappa shape index (κ1) is 36.6. The van der Waals surface area contributed by atoms with Gasteiger partial charge in [-0.1, -0.05) is 72.4 Å². The Morgan fingerprint density at radius 2 is 1.16 bits per heavy atom. The van der Waals surface area contributed by atoms with Crippen LogP contribution in [0, 0.1) is 0 Å². The third kappa shape index (κ3) is 7.99. The Bertz CT molecular complexity index is 2150. The Morgan fingerprint density at radius 1 is 0.647 bits per heavy atom. The fourth-order valence-electron chi connectivity index (χ4n) is 6.36. The molecule has 1 heterocycles. The molecular formula is C41H35N2NaO5S2. The number of rotatable bonds is 11. The summed E-state index contributed by atoms with van der Waals surface area (Å²) >= 11 is 1.69. The van der Waals surface area contributed by atoms with E-state index in [2.05, 4.69) is 58.3 Å². The van der Waals surface area contributed by atoms with Gasteiger partial charge in [0.25, 0.3) is 0 Å². The quantitative estimate of drug-likeness (QED) is 0.103. The second-order valence-corrected chi connectivity index (χ2v) is 14.5. The van der Waals surface area contributed by atoms with Gasteiger partial charge in [0.15, 0.2) is 0 Å². The predicted molar refractivity (Wildman–Crippen MR) is 201 cm³/mol. The summed E-state index contributed by atoms with van der Waals surface area (Å²) in [6.45, 7) is 0.367. The van der Waals surface area contributed by atoms with Crippen molar-refractivity contribution in [3.63, 3.8) is 0 Å². The Kier molecular flexibility index (Phi) is 11.5. The molecule has 0 aromatic heterocycles. The molecule has 252 valence electrons. The Labute approximate surface area is 325 Å². The van der Waals surface area contributed by atoms with Crippen LogP contribution in [0.3, 0.4) is 0 Å². The largest absolute Gasteiger partial charge is 1.00 e. The standard InChI is InChI=1S/C41H36N2O5S2.Na/c1-47-35-21-17-33(18-22-35)43(34-19-23-36(48-2)24-20-34)32-15-12-29(13-16-32)31-14-25-38-40(28-31)49-39-11-7-6-10-37(39)42(38)27-26-41(50(44,45)46)30-8-4-3-5-9-30;/h3-25,28,41H,26-27H2,1-2H3,(H,44,45,46);/q;+1/p-1. The first-order valence-electron chi connectivity index (χ1n) is 16.2. The predicted octanol–water partition coefficient (Wildman–Crippen LogP) is 7.12. The number of para-hydroxylation sites is 1. The summed E-state index contributed by atoms with van der Waals surface area (Å²) < 4.78 is 48.0. The van der Waals surface area contributed by atoms with Gasteiger partial charge in [0.05, 0.1) is 30.8 Å². The minimum absolute atomic E-state index is 0. The van der Waals surface area contributed by atoms with Crippen LogP contribution in [0.5, 0.6) is 11.5 Å². The van der Waals surface area contributed by atoms with Crippen LogP contribution < -0.4 is 48.8 Å². The number of fused-ring (bicyclic) bond motifs is 2.